The average molecular weight is 369 g/mol. The molecule has 0 aromatic heterocycles. The highest BCUT2D eigenvalue weighted by Crippen LogP contribution is 2.49. The van der Waals surface area contributed by atoms with Crippen LogP contribution in [0.3, 0.4) is 0 Å². The van der Waals surface area contributed by atoms with Gasteiger partial charge in [-0.1, -0.05) is 18.2 Å². The van der Waals surface area contributed by atoms with Crippen molar-refractivity contribution >= 4 is 7.52 Å². The Morgan fingerprint density at radius 1 is 0.880 bits per heavy atom. The highest BCUT2D eigenvalue weighted by molar-refractivity contribution is 7.56. The van der Waals surface area contributed by atoms with Gasteiger partial charge in [0.2, 0.25) is 0 Å². The molecule has 144 valence electrons. The van der Waals surface area contributed by atoms with E-state index in [2.05, 4.69) is 56.2 Å². The molecule has 0 fully saturated rings. The summed E-state index contributed by atoms with van der Waals surface area (Å²) in [4.78, 5) is 4.38. The van der Waals surface area contributed by atoms with E-state index in [1.807, 2.05) is 21.0 Å². The van der Waals surface area contributed by atoms with Crippen LogP contribution in [-0.4, -0.2) is 69.5 Å². The van der Waals surface area contributed by atoms with Crippen LogP contribution in [0.5, 0.6) is 0 Å². The smallest absolute Gasteiger partial charge is 0.271 e. The van der Waals surface area contributed by atoms with E-state index in [0.717, 1.165) is 25.9 Å². The summed E-state index contributed by atoms with van der Waals surface area (Å²) in [5.41, 5.74) is 3.98. The van der Waals surface area contributed by atoms with Crippen LogP contribution in [0.2, 0.25) is 0 Å². The fraction of sp³-hybridized carbons (Fsp3) is 0.684. The van der Waals surface area contributed by atoms with Gasteiger partial charge in [0.15, 0.2) is 0 Å². The van der Waals surface area contributed by atoms with Crippen LogP contribution in [0.15, 0.2) is 18.2 Å². The maximum Gasteiger partial charge on any atom is 0.271 e. The van der Waals surface area contributed by atoms with Gasteiger partial charge in [-0.15, -0.1) is 0 Å². The van der Waals surface area contributed by atoms with Gasteiger partial charge in [-0.2, -0.15) is 0 Å². The Bertz CT molecular complexity index is 546. The van der Waals surface area contributed by atoms with Gasteiger partial charge in [-0.25, -0.2) is 4.67 Å². The van der Waals surface area contributed by atoms with E-state index >= 15 is 0 Å². The number of nitrogens with zero attached hydrogens (tertiary/aromatic N) is 3. The lowest BCUT2D eigenvalue weighted by Gasteiger charge is -2.24. The second-order valence-electron chi connectivity index (χ2n) is 7.36. The molecule has 0 radical (unpaired) electrons. The molecule has 1 unspecified atom stereocenters. The molecule has 1 aromatic rings. The van der Waals surface area contributed by atoms with Crippen LogP contribution in [0.1, 0.15) is 30.0 Å². The number of benzene rings is 1. The second-order valence-corrected chi connectivity index (χ2v) is 10.1. The summed E-state index contributed by atoms with van der Waals surface area (Å²) < 4.78 is 20.1. The molecule has 0 saturated heterocycles. The van der Waals surface area contributed by atoms with Crippen molar-refractivity contribution in [2.45, 2.75) is 32.9 Å². The van der Waals surface area contributed by atoms with Crippen LogP contribution in [-0.2, 0) is 28.6 Å². The highest BCUT2D eigenvalue weighted by atomic mass is 31.2. The highest BCUT2D eigenvalue weighted by Gasteiger charge is 2.24. The minimum atomic E-state index is -2.68. The third-order valence-corrected chi connectivity index (χ3v) is 6.72. The molecule has 25 heavy (non-hydrogen) atoms. The number of rotatable bonds is 11. The van der Waals surface area contributed by atoms with Crippen molar-refractivity contribution in [1.82, 2.24) is 14.5 Å². The van der Waals surface area contributed by atoms with E-state index in [1.54, 1.807) is 4.67 Å². The Morgan fingerprint density at radius 2 is 1.36 bits per heavy atom. The van der Waals surface area contributed by atoms with Gasteiger partial charge in [-0.05, 0) is 78.7 Å². The van der Waals surface area contributed by atoms with Crippen LogP contribution >= 0.6 is 7.52 Å². The molecule has 0 aliphatic heterocycles. The second kappa shape index (κ2) is 10.4. The van der Waals surface area contributed by atoms with E-state index in [-0.39, 0.29) is 0 Å². The summed E-state index contributed by atoms with van der Waals surface area (Å²) >= 11 is 0. The molecule has 0 aliphatic rings. The maximum atomic E-state index is 12.8. The summed E-state index contributed by atoms with van der Waals surface area (Å²) in [7, 11) is 9.36. The molecule has 1 aromatic carbocycles. The number of hydrogen-bond acceptors (Lipinski definition) is 4. The first-order chi connectivity index (χ1) is 11.7. The zero-order valence-corrected chi connectivity index (χ0v) is 18.0. The zero-order valence-electron chi connectivity index (χ0n) is 17.1. The number of hydrogen-bond donors (Lipinski definition) is 0. The van der Waals surface area contributed by atoms with Crippen molar-refractivity contribution < 1.29 is 9.09 Å². The molecule has 0 saturated carbocycles. The van der Waals surface area contributed by atoms with Crippen molar-refractivity contribution in [3.63, 3.8) is 0 Å². The first-order valence-corrected chi connectivity index (χ1v) is 10.7. The van der Waals surface area contributed by atoms with Crippen molar-refractivity contribution in [1.29, 1.82) is 0 Å². The molecular formula is C19H36N3O2P. The predicted molar refractivity (Wildman–Crippen MR) is 107 cm³/mol. The molecule has 5 nitrogen and oxygen atoms in total. The summed E-state index contributed by atoms with van der Waals surface area (Å²) in [5, 5.41) is 0. The lowest BCUT2D eigenvalue weighted by Crippen LogP contribution is -2.15. The van der Waals surface area contributed by atoms with Crippen molar-refractivity contribution in [3.05, 3.63) is 34.9 Å². The van der Waals surface area contributed by atoms with E-state index in [4.69, 9.17) is 4.52 Å². The lowest BCUT2D eigenvalue weighted by atomic mass is 10.0. The van der Waals surface area contributed by atoms with Gasteiger partial charge in [-0.3, -0.25) is 4.57 Å². The van der Waals surface area contributed by atoms with Gasteiger partial charge in [0, 0.05) is 19.3 Å². The van der Waals surface area contributed by atoms with E-state index in [0.29, 0.717) is 12.8 Å². The van der Waals surface area contributed by atoms with E-state index in [1.165, 1.54) is 16.7 Å². The largest absolute Gasteiger partial charge is 0.318 e. The fourth-order valence-electron chi connectivity index (χ4n) is 2.96. The summed E-state index contributed by atoms with van der Waals surface area (Å²) in [5.74, 6) is 0. The molecule has 1 rings (SSSR count). The average Bonchev–Trinajstić information content (AvgIpc) is 2.45. The summed E-state index contributed by atoms with van der Waals surface area (Å²) in [6.45, 7) is 4.25. The van der Waals surface area contributed by atoms with Crippen LogP contribution < -0.4 is 0 Å². The van der Waals surface area contributed by atoms with Crippen molar-refractivity contribution in [3.8, 4) is 0 Å². The molecule has 0 heterocycles. The minimum Gasteiger partial charge on any atom is -0.318 e. The molecule has 6 heteroatoms. The SMILES string of the molecule is CCOP(=O)(CCCc1cc(CN(C)C)cc(CN(C)C)c1)N(C)C. The number of aryl methyl sites for hydroxylation is 1. The maximum absolute atomic E-state index is 12.8. The molecule has 0 bridgehead atoms. The Morgan fingerprint density at radius 3 is 1.76 bits per heavy atom. The molecule has 0 spiro atoms. The van der Waals surface area contributed by atoms with Gasteiger partial charge >= 0.3 is 0 Å². The van der Waals surface area contributed by atoms with Crippen LogP contribution in [0.25, 0.3) is 0 Å². The monoisotopic (exact) mass is 369 g/mol. The first kappa shape index (κ1) is 22.3. The van der Waals surface area contributed by atoms with Crippen LogP contribution in [0, 0.1) is 0 Å². The van der Waals surface area contributed by atoms with Crippen molar-refractivity contribution in [2.75, 3.05) is 55.1 Å². The Kier molecular flexibility index (Phi) is 9.33. The third-order valence-electron chi connectivity index (χ3n) is 3.96. The van der Waals surface area contributed by atoms with Gasteiger partial charge < -0.3 is 14.3 Å². The molecule has 0 aliphatic carbocycles. The summed E-state index contributed by atoms with van der Waals surface area (Å²) in [6.07, 6.45) is 2.38. The topological polar surface area (TPSA) is 36.0 Å². The Balaban J connectivity index is 2.83. The molecular weight excluding hydrogens is 333 g/mol. The fourth-order valence-corrected chi connectivity index (χ4v) is 4.68. The molecule has 0 N–H and O–H groups in total. The van der Waals surface area contributed by atoms with Gasteiger partial charge in [0.1, 0.15) is 0 Å². The Hall–Kier alpha value is -0.710. The molecule has 1 atom stereocenters. The normalized spacial score (nSPS) is 14.5. The first-order valence-electron chi connectivity index (χ1n) is 8.99. The quantitative estimate of drug-likeness (QED) is 0.558. The molecule has 0 amide bonds. The van der Waals surface area contributed by atoms with E-state index < -0.39 is 7.52 Å². The summed E-state index contributed by atoms with van der Waals surface area (Å²) in [6, 6.07) is 6.84. The van der Waals surface area contributed by atoms with Gasteiger partial charge in [0.25, 0.3) is 7.52 Å². The van der Waals surface area contributed by atoms with Crippen LogP contribution in [0.4, 0.5) is 0 Å². The Labute approximate surface area is 154 Å². The third kappa shape index (κ3) is 8.02. The predicted octanol–water partition coefficient (Wildman–Crippen LogP) is 3.53. The lowest BCUT2D eigenvalue weighted by molar-refractivity contribution is 0.296. The standard InChI is InChI=1S/C19H36N3O2P/c1-8-24-25(23,22(6)7)11-9-10-17-12-18(15-20(2)3)14-19(13-17)16-21(4)5/h12-14H,8-11,15-16H2,1-7H3. The minimum absolute atomic E-state index is 0.487. The van der Waals surface area contributed by atoms with E-state index in [9.17, 15) is 4.57 Å². The van der Waals surface area contributed by atoms with Crippen molar-refractivity contribution in [2.24, 2.45) is 0 Å². The van der Waals surface area contributed by atoms with Gasteiger partial charge in [0.05, 0.1) is 6.61 Å². The zero-order chi connectivity index (χ0) is 19.0.